The average Bonchev–Trinajstić information content (AvgIpc) is 2.56. The summed E-state index contributed by atoms with van der Waals surface area (Å²) in [6, 6.07) is 15.9. The Kier molecular flexibility index (Phi) is 4.15. The molecule has 22 heavy (non-hydrogen) atoms. The van der Waals surface area contributed by atoms with Gasteiger partial charge in [0.2, 0.25) is 0 Å². The van der Waals surface area contributed by atoms with Gasteiger partial charge < -0.3 is 5.11 Å². The molecule has 0 saturated carbocycles. The van der Waals surface area contributed by atoms with Crippen molar-refractivity contribution in [2.45, 2.75) is 20.0 Å². The van der Waals surface area contributed by atoms with E-state index in [0.29, 0.717) is 5.75 Å². The third kappa shape index (κ3) is 3.31. The molecule has 0 unspecified atom stereocenters. The summed E-state index contributed by atoms with van der Waals surface area (Å²) in [4.78, 5) is 0. The number of benzene rings is 1. The fourth-order valence-electron chi connectivity index (χ4n) is 2.48. The molecule has 0 spiro atoms. The molecular weight excluding hydrogens is 272 g/mol. The summed E-state index contributed by atoms with van der Waals surface area (Å²) in [5.74, 6) is 0.309. The third-order valence-electron chi connectivity index (χ3n) is 3.76. The van der Waals surface area contributed by atoms with Crippen LogP contribution >= 0.6 is 0 Å². The van der Waals surface area contributed by atoms with Crippen LogP contribution in [0, 0.1) is 0 Å². The SMILES string of the molecule is CC[n+]1ccc(-c2cc[n+](Cc3cccc(O)c3)cc2)cc1. The number of pyridine rings is 2. The van der Waals surface area contributed by atoms with Gasteiger partial charge in [-0.2, -0.15) is 0 Å². The lowest BCUT2D eigenvalue weighted by Gasteiger charge is -2.02. The van der Waals surface area contributed by atoms with Gasteiger partial charge in [0.25, 0.3) is 0 Å². The summed E-state index contributed by atoms with van der Waals surface area (Å²) in [7, 11) is 0. The maximum atomic E-state index is 9.52. The van der Waals surface area contributed by atoms with Gasteiger partial charge in [0, 0.05) is 29.8 Å². The first-order chi connectivity index (χ1) is 10.7. The molecule has 0 amide bonds. The van der Waals surface area contributed by atoms with Crippen molar-refractivity contribution in [3.05, 3.63) is 78.9 Å². The maximum Gasteiger partial charge on any atom is 0.173 e. The van der Waals surface area contributed by atoms with Crippen LogP contribution in [0.25, 0.3) is 11.1 Å². The third-order valence-corrected chi connectivity index (χ3v) is 3.76. The number of rotatable bonds is 4. The molecule has 0 fully saturated rings. The summed E-state index contributed by atoms with van der Waals surface area (Å²) < 4.78 is 4.25. The van der Waals surface area contributed by atoms with E-state index >= 15 is 0 Å². The van der Waals surface area contributed by atoms with Crippen LogP contribution < -0.4 is 9.13 Å². The first-order valence-electron chi connectivity index (χ1n) is 7.51. The van der Waals surface area contributed by atoms with Gasteiger partial charge in [-0.1, -0.05) is 12.1 Å². The fraction of sp³-hybridized carbons (Fsp3) is 0.158. The van der Waals surface area contributed by atoms with Gasteiger partial charge in [-0.15, -0.1) is 0 Å². The lowest BCUT2D eigenvalue weighted by atomic mass is 10.1. The lowest BCUT2D eigenvalue weighted by Crippen LogP contribution is -2.33. The van der Waals surface area contributed by atoms with Gasteiger partial charge in [0.05, 0.1) is 0 Å². The predicted octanol–water partition coefficient (Wildman–Crippen LogP) is 2.70. The van der Waals surface area contributed by atoms with E-state index in [9.17, 15) is 5.11 Å². The number of aryl methyl sites for hydroxylation is 1. The highest BCUT2D eigenvalue weighted by Crippen LogP contribution is 2.16. The average molecular weight is 292 g/mol. The fourth-order valence-corrected chi connectivity index (χ4v) is 2.48. The quantitative estimate of drug-likeness (QED) is 0.736. The Bertz CT molecular complexity index is 749. The summed E-state index contributed by atoms with van der Waals surface area (Å²) in [6.45, 7) is 3.87. The Morgan fingerprint density at radius 1 is 0.818 bits per heavy atom. The molecule has 0 aliphatic rings. The Hall–Kier alpha value is -2.68. The van der Waals surface area contributed by atoms with Gasteiger partial charge in [0.15, 0.2) is 31.3 Å². The zero-order valence-electron chi connectivity index (χ0n) is 12.7. The molecule has 0 radical (unpaired) electrons. The van der Waals surface area contributed by atoms with Crippen molar-refractivity contribution in [2.75, 3.05) is 0 Å². The minimum Gasteiger partial charge on any atom is -0.508 e. The van der Waals surface area contributed by atoms with Gasteiger partial charge in [0.1, 0.15) is 12.3 Å². The standard InChI is InChI=1S/C19H19N2O/c1-2-20-10-6-17(7-11-20)18-8-12-21(13-9-18)15-16-4-3-5-19(22)14-16/h3-14H,2,15H2,1H3/q+1/p+1. The second-order valence-electron chi connectivity index (χ2n) is 5.35. The molecule has 110 valence electrons. The number of hydrogen-bond donors (Lipinski definition) is 1. The van der Waals surface area contributed by atoms with Gasteiger partial charge in [-0.25, -0.2) is 9.13 Å². The van der Waals surface area contributed by atoms with Crippen molar-refractivity contribution < 1.29 is 14.2 Å². The molecule has 3 nitrogen and oxygen atoms in total. The van der Waals surface area contributed by atoms with Crippen LogP contribution in [0.1, 0.15) is 12.5 Å². The van der Waals surface area contributed by atoms with Crippen molar-refractivity contribution in [2.24, 2.45) is 0 Å². The number of phenols is 1. The van der Waals surface area contributed by atoms with E-state index < -0.39 is 0 Å². The van der Waals surface area contributed by atoms with E-state index in [1.54, 1.807) is 12.1 Å². The van der Waals surface area contributed by atoms with Gasteiger partial charge in [-0.05, 0) is 30.2 Å². The molecule has 2 heterocycles. The zero-order chi connectivity index (χ0) is 15.4. The Balaban J connectivity index is 1.77. The Morgan fingerprint density at radius 3 is 1.95 bits per heavy atom. The summed E-state index contributed by atoms with van der Waals surface area (Å²) in [5, 5.41) is 9.52. The molecule has 0 bridgehead atoms. The lowest BCUT2D eigenvalue weighted by molar-refractivity contribution is -0.693. The smallest absolute Gasteiger partial charge is 0.173 e. The highest BCUT2D eigenvalue weighted by molar-refractivity contribution is 5.60. The monoisotopic (exact) mass is 292 g/mol. The number of hydrogen-bond acceptors (Lipinski definition) is 1. The summed E-state index contributed by atoms with van der Waals surface area (Å²) in [5.41, 5.74) is 3.51. The van der Waals surface area contributed by atoms with E-state index in [1.807, 2.05) is 12.1 Å². The number of aromatic nitrogens is 2. The van der Waals surface area contributed by atoms with E-state index in [0.717, 1.165) is 18.7 Å². The van der Waals surface area contributed by atoms with Crippen LogP contribution in [0.5, 0.6) is 5.75 Å². The first-order valence-corrected chi connectivity index (χ1v) is 7.51. The Morgan fingerprint density at radius 2 is 1.41 bits per heavy atom. The highest BCUT2D eigenvalue weighted by Gasteiger charge is 2.06. The second-order valence-corrected chi connectivity index (χ2v) is 5.35. The zero-order valence-corrected chi connectivity index (χ0v) is 12.7. The number of aromatic hydroxyl groups is 1. The van der Waals surface area contributed by atoms with Crippen LogP contribution in [-0.4, -0.2) is 5.11 Å². The topological polar surface area (TPSA) is 28.0 Å². The van der Waals surface area contributed by atoms with Gasteiger partial charge >= 0.3 is 0 Å². The second kappa shape index (κ2) is 6.39. The minimum absolute atomic E-state index is 0.309. The summed E-state index contributed by atoms with van der Waals surface area (Å²) >= 11 is 0. The minimum atomic E-state index is 0.309. The highest BCUT2D eigenvalue weighted by atomic mass is 16.3. The molecule has 1 N–H and O–H groups in total. The van der Waals surface area contributed by atoms with Crippen LogP contribution in [0.2, 0.25) is 0 Å². The van der Waals surface area contributed by atoms with E-state index in [2.05, 4.69) is 65.1 Å². The van der Waals surface area contributed by atoms with Crippen molar-refractivity contribution >= 4 is 0 Å². The van der Waals surface area contributed by atoms with Gasteiger partial charge in [-0.3, -0.25) is 0 Å². The van der Waals surface area contributed by atoms with Crippen LogP contribution in [0.3, 0.4) is 0 Å². The first kappa shape index (κ1) is 14.3. The largest absolute Gasteiger partial charge is 0.508 e. The molecule has 0 aliphatic carbocycles. The molecular formula is C19H20N2O+2. The normalized spacial score (nSPS) is 10.6. The van der Waals surface area contributed by atoms with E-state index in [4.69, 9.17) is 0 Å². The molecule has 2 aromatic heterocycles. The molecule has 3 heteroatoms. The van der Waals surface area contributed by atoms with E-state index in [-0.39, 0.29) is 0 Å². The molecule has 3 rings (SSSR count). The van der Waals surface area contributed by atoms with Crippen molar-refractivity contribution in [1.82, 2.24) is 0 Å². The summed E-state index contributed by atoms with van der Waals surface area (Å²) in [6.07, 6.45) is 8.34. The maximum absolute atomic E-state index is 9.52. The number of phenolic OH excluding ortho intramolecular Hbond substituents is 1. The molecule has 0 aliphatic heterocycles. The molecule has 0 saturated heterocycles. The van der Waals surface area contributed by atoms with E-state index in [1.165, 1.54) is 11.1 Å². The van der Waals surface area contributed by atoms with Crippen LogP contribution in [0.15, 0.2) is 73.3 Å². The van der Waals surface area contributed by atoms with Crippen molar-refractivity contribution in [1.29, 1.82) is 0 Å². The molecule has 1 aromatic carbocycles. The van der Waals surface area contributed by atoms with Crippen molar-refractivity contribution in [3.63, 3.8) is 0 Å². The number of nitrogens with zero attached hydrogens (tertiary/aromatic N) is 2. The van der Waals surface area contributed by atoms with Crippen molar-refractivity contribution in [3.8, 4) is 16.9 Å². The van der Waals surface area contributed by atoms with Crippen LogP contribution in [-0.2, 0) is 13.1 Å². The Labute approximate surface area is 130 Å². The molecule has 0 atom stereocenters. The van der Waals surface area contributed by atoms with Crippen LogP contribution in [0.4, 0.5) is 0 Å². The predicted molar refractivity (Wildman–Crippen MR) is 85.2 cm³/mol. The molecule has 3 aromatic rings.